The van der Waals surface area contributed by atoms with Crippen LogP contribution in [-0.2, 0) is 11.2 Å². The summed E-state index contributed by atoms with van der Waals surface area (Å²) in [4.78, 5) is 16.8. The number of hydrogen-bond acceptors (Lipinski definition) is 3. The van der Waals surface area contributed by atoms with Gasteiger partial charge in [-0.2, -0.15) is 5.10 Å². The topological polar surface area (TPSA) is 70.7 Å². The Hall–Kier alpha value is -2.69. The number of hydrogen-bond donors (Lipinski definition) is 2. The second-order valence-corrected chi connectivity index (χ2v) is 6.86. The molecule has 2 aromatic carbocycles. The number of aromatic amines is 1. The first-order valence-electron chi connectivity index (χ1n) is 9.26. The quantitative estimate of drug-likeness (QED) is 0.668. The number of fused-ring (bicyclic) bond motifs is 1. The van der Waals surface area contributed by atoms with Gasteiger partial charge in [-0.3, -0.25) is 9.89 Å². The van der Waals surface area contributed by atoms with Gasteiger partial charge in [-0.25, -0.2) is 4.98 Å². The molecular weight excluding hydrogens is 324 g/mol. The Morgan fingerprint density at radius 3 is 2.69 bits per heavy atom. The number of aromatic nitrogens is 3. The summed E-state index contributed by atoms with van der Waals surface area (Å²) in [7, 11) is 0. The van der Waals surface area contributed by atoms with Gasteiger partial charge in [0.05, 0.1) is 6.04 Å². The molecule has 5 heteroatoms. The van der Waals surface area contributed by atoms with Crippen LogP contribution in [0.5, 0.6) is 0 Å². The van der Waals surface area contributed by atoms with E-state index in [0.717, 1.165) is 18.7 Å². The highest BCUT2D eigenvalue weighted by Crippen LogP contribution is 2.18. The lowest BCUT2D eigenvalue weighted by atomic mass is 10.0. The summed E-state index contributed by atoms with van der Waals surface area (Å²) >= 11 is 0. The maximum Gasteiger partial charge on any atom is 0.220 e. The maximum atomic E-state index is 12.3. The normalized spacial score (nSPS) is 13.5. The molecule has 2 N–H and O–H groups in total. The molecule has 0 aliphatic heterocycles. The fourth-order valence-electron chi connectivity index (χ4n) is 2.92. The number of H-pyrrole nitrogens is 1. The van der Waals surface area contributed by atoms with Crippen LogP contribution in [0.4, 0.5) is 0 Å². The van der Waals surface area contributed by atoms with Gasteiger partial charge in [0.2, 0.25) is 5.91 Å². The molecule has 0 saturated carbocycles. The molecule has 5 nitrogen and oxygen atoms in total. The number of aryl methyl sites for hydroxylation is 1. The summed E-state index contributed by atoms with van der Waals surface area (Å²) in [5.41, 5.74) is 1.17. The molecule has 3 aromatic rings. The Labute approximate surface area is 154 Å². The lowest BCUT2D eigenvalue weighted by Gasteiger charge is -2.11. The van der Waals surface area contributed by atoms with Crippen LogP contribution in [-0.4, -0.2) is 21.1 Å². The molecule has 0 saturated heterocycles. The second-order valence-electron chi connectivity index (χ2n) is 6.86. The number of amides is 1. The van der Waals surface area contributed by atoms with Crippen LogP contribution < -0.4 is 5.32 Å². The van der Waals surface area contributed by atoms with Crippen molar-refractivity contribution in [2.75, 3.05) is 0 Å². The largest absolute Gasteiger partial charge is 0.346 e. The smallest absolute Gasteiger partial charge is 0.220 e. The van der Waals surface area contributed by atoms with Gasteiger partial charge in [-0.15, -0.1) is 0 Å². The molecule has 0 radical (unpaired) electrons. The van der Waals surface area contributed by atoms with Gasteiger partial charge in [-0.1, -0.05) is 56.3 Å². The third-order valence-corrected chi connectivity index (χ3v) is 4.82. The molecule has 136 valence electrons. The third-order valence-electron chi connectivity index (χ3n) is 4.82. The van der Waals surface area contributed by atoms with Crippen LogP contribution in [0.3, 0.4) is 0 Å². The molecule has 2 atom stereocenters. The highest BCUT2D eigenvalue weighted by molar-refractivity contribution is 5.83. The molecule has 1 aromatic heterocycles. The van der Waals surface area contributed by atoms with Crippen LogP contribution in [0.25, 0.3) is 10.8 Å². The van der Waals surface area contributed by atoms with E-state index in [1.165, 1.54) is 16.3 Å². The number of rotatable bonds is 7. The first kappa shape index (κ1) is 18.1. The van der Waals surface area contributed by atoms with E-state index in [1.807, 2.05) is 19.1 Å². The van der Waals surface area contributed by atoms with Crippen LogP contribution in [0, 0.1) is 0 Å². The third kappa shape index (κ3) is 4.28. The molecule has 0 aliphatic carbocycles. The summed E-state index contributed by atoms with van der Waals surface area (Å²) in [6.07, 6.45) is 2.16. The molecule has 26 heavy (non-hydrogen) atoms. The SMILES string of the molecule is CC[C@@H](C)c1n[nH]c([C@@H](C)NC(=O)CCc2ccc3ccccc3c2)n1. The Kier molecular flexibility index (Phi) is 5.66. The van der Waals surface area contributed by atoms with Crippen molar-refractivity contribution in [2.45, 2.75) is 52.0 Å². The number of carbonyl (C=O) groups excluding carboxylic acids is 1. The van der Waals surface area contributed by atoms with Crippen molar-refractivity contribution in [3.63, 3.8) is 0 Å². The molecule has 0 fully saturated rings. The molecule has 0 bridgehead atoms. The van der Waals surface area contributed by atoms with E-state index in [1.54, 1.807) is 0 Å². The summed E-state index contributed by atoms with van der Waals surface area (Å²) in [5, 5.41) is 12.6. The van der Waals surface area contributed by atoms with E-state index in [-0.39, 0.29) is 11.9 Å². The highest BCUT2D eigenvalue weighted by atomic mass is 16.1. The predicted molar refractivity (Wildman–Crippen MR) is 104 cm³/mol. The van der Waals surface area contributed by atoms with Crippen LogP contribution >= 0.6 is 0 Å². The van der Waals surface area contributed by atoms with Gasteiger partial charge >= 0.3 is 0 Å². The highest BCUT2D eigenvalue weighted by Gasteiger charge is 2.16. The minimum atomic E-state index is -0.176. The average molecular weight is 350 g/mol. The lowest BCUT2D eigenvalue weighted by Crippen LogP contribution is -2.27. The second kappa shape index (κ2) is 8.13. The zero-order chi connectivity index (χ0) is 18.5. The fourth-order valence-corrected chi connectivity index (χ4v) is 2.92. The van der Waals surface area contributed by atoms with Crippen LogP contribution in [0.1, 0.15) is 62.8 Å². The van der Waals surface area contributed by atoms with Crippen molar-refractivity contribution < 1.29 is 4.79 Å². The van der Waals surface area contributed by atoms with E-state index in [2.05, 4.69) is 64.7 Å². The fraction of sp³-hybridized carbons (Fsp3) is 0.381. The van der Waals surface area contributed by atoms with Gasteiger partial charge in [0.15, 0.2) is 5.82 Å². The number of nitrogens with one attached hydrogen (secondary N) is 2. The first-order chi connectivity index (χ1) is 12.6. The Balaban J connectivity index is 1.55. The molecule has 3 rings (SSSR count). The summed E-state index contributed by atoms with van der Waals surface area (Å²) in [6.45, 7) is 6.13. The Bertz CT molecular complexity index is 886. The number of carbonyl (C=O) groups is 1. The van der Waals surface area contributed by atoms with E-state index in [0.29, 0.717) is 18.2 Å². The van der Waals surface area contributed by atoms with Crippen LogP contribution in [0.15, 0.2) is 42.5 Å². The zero-order valence-electron chi connectivity index (χ0n) is 15.6. The van der Waals surface area contributed by atoms with E-state index >= 15 is 0 Å². The number of nitrogens with zero attached hydrogens (tertiary/aromatic N) is 2. The predicted octanol–water partition coefficient (Wildman–Crippen LogP) is 4.28. The van der Waals surface area contributed by atoms with Crippen molar-refractivity contribution in [2.24, 2.45) is 0 Å². The van der Waals surface area contributed by atoms with Gasteiger partial charge in [0.25, 0.3) is 0 Å². The van der Waals surface area contributed by atoms with E-state index in [9.17, 15) is 4.79 Å². The van der Waals surface area contributed by atoms with Gasteiger partial charge in [-0.05, 0) is 36.1 Å². The minimum absolute atomic E-state index is 0.0205. The lowest BCUT2D eigenvalue weighted by molar-refractivity contribution is -0.121. The van der Waals surface area contributed by atoms with Crippen molar-refractivity contribution in [3.8, 4) is 0 Å². The molecule has 1 heterocycles. The van der Waals surface area contributed by atoms with E-state index in [4.69, 9.17) is 0 Å². The summed E-state index contributed by atoms with van der Waals surface area (Å²) in [5.74, 6) is 1.85. The maximum absolute atomic E-state index is 12.3. The van der Waals surface area contributed by atoms with Crippen molar-refractivity contribution in [1.82, 2.24) is 20.5 Å². The first-order valence-corrected chi connectivity index (χ1v) is 9.26. The van der Waals surface area contributed by atoms with Gasteiger partial charge in [0, 0.05) is 12.3 Å². The Morgan fingerprint density at radius 1 is 1.15 bits per heavy atom. The van der Waals surface area contributed by atoms with Crippen molar-refractivity contribution >= 4 is 16.7 Å². The van der Waals surface area contributed by atoms with E-state index < -0.39 is 0 Å². The molecule has 0 spiro atoms. The summed E-state index contributed by atoms with van der Waals surface area (Å²) < 4.78 is 0. The summed E-state index contributed by atoms with van der Waals surface area (Å²) in [6, 6.07) is 14.4. The zero-order valence-corrected chi connectivity index (χ0v) is 15.6. The van der Waals surface area contributed by atoms with Gasteiger partial charge < -0.3 is 5.32 Å². The average Bonchev–Trinajstić information content (AvgIpc) is 3.16. The Morgan fingerprint density at radius 2 is 1.92 bits per heavy atom. The molecule has 0 unspecified atom stereocenters. The molecular formula is C21H26N4O. The minimum Gasteiger partial charge on any atom is -0.346 e. The number of benzene rings is 2. The molecule has 0 aliphatic rings. The van der Waals surface area contributed by atoms with Crippen LogP contribution in [0.2, 0.25) is 0 Å². The standard InChI is InChI=1S/C21H26N4O/c1-4-14(2)20-23-21(25-24-20)15(3)22-19(26)12-10-16-9-11-17-7-5-6-8-18(17)13-16/h5-9,11,13-15H,4,10,12H2,1-3H3,(H,22,26)(H,23,24,25)/t14-,15-/m1/s1. The van der Waals surface area contributed by atoms with Gasteiger partial charge in [0.1, 0.15) is 5.82 Å². The van der Waals surface area contributed by atoms with Crippen molar-refractivity contribution in [1.29, 1.82) is 0 Å². The van der Waals surface area contributed by atoms with Crippen molar-refractivity contribution in [3.05, 3.63) is 59.7 Å². The monoisotopic (exact) mass is 350 g/mol. The molecule has 1 amide bonds.